The Bertz CT molecular complexity index is 1180. The van der Waals surface area contributed by atoms with Crippen LogP contribution in [0.1, 0.15) is 35.8 Å². The van der Waals surface area contributed by atoms with Gasteiger partial charge in [0, 0.05) is 35.8 Å². The first-order chi connectivity index (χ1) is 17.2. The lowest BCUT2D eigenvalue weighted by atomic mass is 9.77. The second-order valence-electron chi connectivity index (χ2n) is 9.17. The molecule has 1 saturated heterocycles. The summed E-state index contributed by atoms with van der Waals surface area (Å²) >= 11 is 0. The number of benzene rings is 1. The maximum Gasteiger partial charge on any atom is 0.417 e. The maximum atomic E-state index is 14.9. The summed E-state index contributed by atoms with van der Waals surface area (Å²) in [7, 11) is 3.44. The predicted molar refractivity (Wildman–Crippen MR) is 123 cm³/mol. The molecule has 2 heterocycles. The average Bonchev–Trinajstić information content (AvgIpc) is 3.08. The highest BCUT2D eigenvalue weighted by atomic mass is 19.4. The Morgan fingerprint density at radius 3 is 2.51 bits per heavy atom. The van der Waals surface area contributed by atoms with Crippen molar-refractivity contribution in [2.24, 2.45) is 11.7 Å². The van der Waals surface area contributed by atoms with E-state index in [1.54, 1.807) is 19.0 Å². The molecule has 1 aromatic heterocycles. The van der Waals surface area contributed by atoms with Gasteiger partial charge in [-0.1, -0.05) is 13.0 Å². The highest BCUT2D eigenvalue weighted by molar-refractivity contribution is 5.97. The third-order valence-electron chi connectivity index (χ3n) is 6.43. The molecule has 13 heteroatoms. The summed E-state index contributed by atoms with van der Waals surface area (Å²) in [5, 5.41) is 2.40. The van der Waals surface area contributed by atoms with E-state index in [4.69, 9.17) is 15.2 Å². The molecular formula is C24H27F5N4O4. The van der Waals surface area contributed by atoms with Crippen LogP contribution >= 0.6 is 0 Å². The SMILES string of the molecule is C[C@H]1[C@@H](c2ccc(F)c(F)c2OCCN(C)C)[C@H](C(=O)Nc2ccnc(C(N)=O)c2)O[C@@]1(C)C(F)(F)F. The van der Waals surface area contributed by atoms with Gasteiger partial charge in [0.15, 0.2) is 17.2 Å². The van der Waals surface area contributed by atoms with Crippen molar-refractivity contribution in [2.75, 3.05) is 32.6 Å². The molecule has 2 amide bonds. The first-order valence-electron chi connectivity index (χ1n) is 11.2. The minimum absolute atomic E-state index is 0.0251. The molecule has 1 aliphatic rings. The quantitative estimate of drug-likeness (QED) is 0.507. The number of carbonyl (C=O) groups excluding carboxylic acids is 2. The first-order valence-corrected chi connectivity index (χ1v) is 11.2. The third-order valence-corrected chi connectivity index (χ3v) is 6.43. The number of nitrogens with one attached hydrogen (secondary N) is 1. The number of primary amides is 1. The standard InChI is InChI=1S/C24H27F5N4O4/c1-12-17(14-5-6-15(25)18(26)19(14)36-10-9-33(3)4)20(37-23(12,2)24(27,28)29)22(35)32-13-7-8-31-16(11-13)21(30)34/h5-8,11-12,17,20H,9-10H2,1-4H3,(H2,30,34)(H,31,32,35)/t12-,17-,20+,23+/m0/s1. The molecule has 0 saturated carbocycles. The van der Waals surface area contributed by atoms with E-state index in [0.717, 1.165) is 25.1 Å². The Balaban J connectivity index is 2.07. The Kier molecular flexibility index (Phi) is 8.08. The molecule has 3 N–H and O–H groups in total. The molecule has 2 aromatic rings. The van der Waals surface area contributed by atoms with Gasteiger partial charge in [0.05, 0.1) is 0 Å². The number of aromatic nitrogens is 1. The minimum atomic E-state index is -4.90. The predicted octanol–water partition coefficient (Wildman–Crippen LogP) is 3.48. The van der Waals surface area contributed by atoms with E-state index in [2.05, 4.69) is 10.3 Å². The molecule has 1 aromatic carbocycles. The van der Waals surface area contributed by atoms with Crippen molar-refractivity contribution in [2.45, 2.75) is 37.6 Å². The van der Waals surface area contributed by atoms with Gasteiger partial charge in [-0.15, -0.1) is 0 Å². The molecule has 1 aliphatic heterocycles. The van der Waals surface area contributed by atoms with Gasteiger partial charge in [0.25, 0.3) is 11.8 Å². The zero-order chi connectivity index (χ0) is 27.7. The lowest BCUT2D eigenvalue weighted by Crippen LogP contribution is -2.47. The van der Waals surface area contributed by atoms with Crippen LogP contribution in [-0.2, 0) is 9.53 Å². The largest absolute Gasteiger partial charge is 0.489 e. The van der Waals surface area contributed by atoms with E-state index in [-0.39, 0.29) is 23.6 Å². The minimum Gasteiger partial charge on any atom is -0.489 e. The highest BCUT2D eigenvalue weighted by Crippen LogP contribution is 2.55. The Labute approximate surface area is 209 Å². The summed E-state index contributed by atoms with van der Waals surface area (Å²) < 4.78 is 82.2. The van der Waals surface area contributed by atoms with Crippen LogP contribution in [0.25, 0.3) is 0 Å². The van der Waals surface area contributed by atoms with Gasteiger partial charge in [0.1, 0.15) is 18.4 Å². The smallest absolute Gasteiger partial charge is 0.417 e. The molecule has 1 fully saturated rings. The first kappa shape index (κ1) is 28.3. The number of rotatable bonds is 8. The Morgan fingerprint density at radius 2 is 1.92 bits per heavy atom. The van der Waals surface area contributed by atoms with Gasteiger partial charge in [-0.25, -0.2) is 4.39 Å². The number of carbonyl (C=O) groups is 2. The monoisotopic (exact) mass is 530 g/mol. The van der Waals surface area contributed by atoms with Crippen LogP contribution in [0.3, 0.4) is 0 Å². The molecule has 0 bridgehead atoms. The summed E-state index contributed by atoms with van der Waals surface area (Å²) in [6, 6.07) is 4.29. The molecule has 4 atom stereocenters. The zero-order valence-electron chi connectivity index (χ0n) is 20.5. The van der Waals surface area contributed by atoms with Crippen LogP contribution in [0, 0.1) is 17.6 Å². The summed E-state index contributed by atoms with van der Waals surface area (Å²) in [5.41, 5.74) is 2.08. The number of hydrogen-bond acceptors (Lipinski definition) is 6. The van der Waals surface area contributed by atoms with Crippen LogP contribution in [0.5, 0.6) is 5.75 Å². The number of halogens is 5. The lowest BCUT2D eigenvalue weighted by molar-refractivity contribution is -0.272. The van der Waals surface area contributed by atoms with Gasteiger partial charge < -0.3 is 25.4 Å². The second kappa shape index (κ2) is 10.6. The topological polar surface area (TPSA) is 107 Å². The number of likely N-dealkylation sites (N-methyl/N-ethyl adjacent to an activating group) is 1. The summed E-state index contributed by atoms with van der Waals surface area (Å²) in [5.74, 6) is -7.92. The zero-order valence-corrected chi connectivity index (χ0v) is 20.5. The van der Waals surface area contributed by atoms with Crippen molar-refractivity contribution in [1.82, 2.24) is 9.88 Å². The van der Waals surface area contributed by atoms with E-state index in [9.17, 15) is 31.5 Å². The molecule has 37 heavy (non-hydrogen) atoms. The van der Waals surface area contributed by atoms with Crippen molar-refractivity contribution in [1.29, 1.82) is 0 Å². The highest BCUT2D eigenvalue weighted by Gasteiger charge is 2.66. The normalized spacial score (nSPS) is 23.8. The molecule has 0 aliphatic carbocycles. The fourth-order valence-corrected chi connectivity index (χ4v) is 4.17. The molecule has 0 radical (unpaired) electrons. The van der Waals surface area contributed by atoms with Gasteiger partial charge in [-0.2, -0.15) is 17.6 Å². The van der Waals surface area contributed by atoms with Crippen LogP contribution < -0.4 is 15.8 Å². The van der Waals surface area contributed by atoms with Crippen molar-refractivity contribution in [3.05, 3.63) is 53.4 Å². The third kappa shape index (κ3) is 5.67. The number of nitrogens with two attached hydrogens (primary N) is 1. The van der Waals surface area contributed by atoms with Crippen LogP contribution in [-0.4, -0.2) is 66.8 Å². The van der Waals surface area contributed by atoms with E-state index >= 15 is 0 Å². The van der Waals surface area contributed by atoms with Crippen LogP contribution in [0.2, 0.25) is 0 Å². The summed E-state index contributed by atoms with van der Waals surface area (Å²) in [6.07, 6.45) is -5.51. The molecule has 0 unspecified atom stereocenters. The van der Waals surface area contributed by atoms with Crippen molar-refractivity contribution in [3.8, 4) is 5.75 Å². The summed E-state index contributed by atoms with van der Waals surface area (Å²) in [6.45, 7) is 2.22. The average molecular weight is 530 g/mol. The van der Waals surface area contributed by atoms with Crippen LogP contribution in [0.4, 0.5) is 27.6 Å². The number of alkyl halides is 3. The second-order valence-corrected chi connectivity index (χ2v) is 9.17. The number of ether oxygens (including phenoxy) is 2. The number of amides is 2. The maximum absolute atomic E-state index is 14.9. The lowest BCUT2D eigenvalue weighted by Gasteiger charge is -2.32. The molecular weight excluding hydrogens is 503 g/mol. The van der Waals surface area contributed by atoms with Crippen molar-refractivity contribution in [3.63, 3.8) is 0 Å². The van der Waals surface area contributed by atoms with Crippen molar-refractivity contribution < 1.29 is 41.0 Å². The van der Waals surface area contributed by atoms with E-state index < -0.39 is 58.9 Å². The van der Waals surface area contributed by atoms with E-state index in [1.807, 2.05) is 0 Å². The van der Waals surface area contributed by atoms with Crippen molar-refractivity contribution >= 4 is 17.5 Å². The molecule has 8 nitrogen and oxygen atoms in total. The Hall–Kier alpha value is -3.32. The Morgan fingerprint density at radius 1 is 1.24 bits per heavy atom. The number of nitrogens with zero attached hydrogens (tertiary/aromatic N) is 2. The van der Waals surface area contributed by atoms with E-state index in [1.165, 1.54) is 19.2 Å². The molecule has 3 rings (SSSR count). The number of pyridine rings is 1. The summed E-state index contributed by atoms with van der Waals surface area (Å²) in [4.78, 5) is 30.1. The van der Waals surface area contributed by atoms with Crippen LogP contribution in [0.15, 0.2) is 30.5 Å². The number of hydrogen-bond donors (Lipinski definition) is 2. The fraction of sp³-hybridized carbons (Fsp3) is 0.458. The van der Waals surface area contributed by atoms with Gasteiger partial charge in [0.2, 0.25) is 5.82 Å². The van der Waals surface area contributed by atoms with Gasteiger partial charge in [-0.3, -0.25) is 14.6 Å². The fourth-order valence-electron chi connectivity index (χ4n) is 4.17. The molecule has 0 spiro atoms. The van der Waals surface area contributed by atoms with Gasteiger partial charge in [-0.05, 0) is 39.2 Å². The number of anilines is 1. The van der Waals surface area contributed by atoms with E-state index in [0.29, 0.717) is 6.54 Å². The van der Waals surface area contributed by atoms with Gasteiger partial charge >= 0.3 is 6.18 Å². The molecule has 202 valence electrons.